The van der Waals surface area contributed by atoms with Gasteiger partial charge >= 0.3 is 23.1 Å². The minimum absolute atomic E-state index is 0. The molecule has 5 heteroatoms. The number of rotatable bonds is 0. The summed E-state index contributed by atoms with van der Waals surface area (Å²) in [6.45, 7) is 0. The predicted molar refractivity (Wildman–Crippen MR) is 45.5 cm³/mol. The molecule has 0 amide bonds. The van der Waals surface area contributed by atoms with Crippen LogP contribution in [0.1, 0.15) is 19.3 Å². The van der Waals surface area contributed by atoms with Crippen LogP contribution in [-0.4, -0.2) is 51.5 Å². The van der Waals surface area contributed by atoms with Crippen molar-refractivity contribution in [2.24, 2.45) is 0 Å². The van der Waals surface area contributed by atoms with Gasteiger partial charge in [0, 0.05) is 28.4 Å². The third-order valence-electron chi connectivity index (χ3n) is 0.354. The zero-order valence-corrected chi connectivity index (χ0v) is 11.3. The first-order valence-corrected chi connectivity index (χ1v) is 3.13. The van der Waals surface area contributed by atoms with Gasteiger partial charge in [-0.05, 0) is 0 Å². The van der Waals surface area contributed by atoms with E-state index in [0.29, 0.717) is 0 Å². The fourth-order valence-electron chi connectivity index (χ4n) is 0. The summed E-state index contributed by atoms with van der Waals surface area (Å²) in [4.78, 5) is 0. The Kier molecular flexibility index (Phi) is 96.5. The standard InChI is InChI=1S/C3H6.2C2H6O.2ClH.Mg/c1-2-3-1;2*1-3-2;;;/h1-3H2;2*1-2H3;2*1H;/q;;;;;+2/p-2. The molecular formula is C7H18Cl2MgO2. The first-order chi connectivity index (χ1) is 4.33. The molecule has 74 valence electrons. The van der Waals surface area contributed by atoms with Gasteiger partial charge in [0.2, 0.25) is 0 Å². The van der Waals surface area contributed by atoms with Crippen LogP contribution in [0.3, 0.4) is 0 Å². The second-order valence-electron chi connectivity index (χ2n) is 1.88. The minimum atomic E-state index is 0. The molecule has 2 nitrogen and oxygen atoms in total. The molecule has 0 aromatic rings. The first kappa shape index (κ1) is 29.2. The Morgan fingerprint density at radius 3 is 0.750 bits per heavy atom. The molecule has 0 bridgehead atoms. The number of hydrogen-bond acceptors (Lipinski definition) is 2. The summed E-state index contributed by atoms with van der Waals surface area (Å²) in [5.41, 5.74) is 0. The predicted octanol–water partition coefficient (Wildman–Crippen LogP) is -4.68. The van der Waals surface area contributed by atoms with Crippen molar-refractivity contribution in [3.05, 3.63) is 0 Å². The summed E-state index contributed by atoms with van der Waals surface area (Å²) in [5.74, 6) is 0. The summed E-state index contributed by atoms with van der Waals surface area (Å²) in [7, 11) is 6.50. The van der Waals surface area contributed by atoms with Gasteiger partial charge < -0.3 is 34.3 Å². The normalized spacial score (nSPS) is 9.00. The Labute approximate surface area is 105 Å². The molecule has 0 N–H and O–H groups in total. The first-order valence-electron chi connectivity index (χ1n) is 3.13. The Bertz CT molecular complexity index is 35.8. The van der Waals surface area contributed by atoms with Gasteiger partial charge in [-0.2, -0.15) is 0 Å². The van der Waals surface area contributed by atoms with E-state index in [-0.39, 0.29) is 47.9 Å². The number of halogens is 2. The van der Waals surface area contributed by atoms with Crippen molar-refractivity contribution in [1.29, 1.82) is 0 Å². The molecule has 1 aliphatic rings. The maximum absolute atomic E-state index is 4.25. The van der Waals surface area contributed by atoms with Crippen LogP contribution in [0.2, 0.25) is 0 Å². The van der Waals surface area contributed by atoms with Gasteiger partial charge in [-0.15, -0.1) is 0 Å². The Morgan fingerprint density at radius 1 is 0.667 bits per heavy atom. The van der Waals surface area contributed by atoms with Crippen molar-refractivity contribution in [2.45, 2.75) is 19.3 Å². The molecule has 0 aromatic carbocycles. The van der Waals surface area contributed by atoms with E-state index in [1.165, 1.54) is 19.3 Å². The van der Waals surface area contributed by atoms with Gasteiger partial charge in [-0.25, -0.2) is 0 Å². The molecule has 0 saturated heterocycles. The fraction of sp³-hybridized carbons (Fsp3) is 1.00. The van der Waals surface area contributed by atoms with E-state index in [1.54, 1.807) is 28.4 Å². The van der Waals surface area contributed by atoms with Crippen molar-refractivity contribution < 1.29 is 34.3 Å². The SMILES string of the molecule is C1CC1.COC.COC.[Cl-].[Cl-].[Mg+2]. The van der Waals surface area contributed by atoms with Crippen LogP contribution in [0.4, 0.5) is 0 Å². The van der Waals surface area contributed by atoms with Gasteiger partial charge in [0.25, 0.3) is 0 Å². The number of methoxy groups -OCH3 is 2. The zero-order chi connectivity index (χ0) is 7.54. The fourth-order valence-corrected chi connectivity index (χ4v) is 0. The van der Waals surface area contributed by atoms with Gasteiger partial charge in [-0.3, -0.25) is 0 Å². The topological polar surface area (TPSA) is 18.5 Å². The van der Waals surface area contributed by atoms with Crippen LogP contribution in [0, 0.1) is 0 Å². The van der Waals surface area contributed by atoms with E-state index in [2.05, 4.69) is 9.47 Å². The molecule has 1 aliphatic carbocycles. The molecule has 0 atom stereocenters. The van der Waals surface area contributed by atoms with Crippen molar-refractivity contribution in [3.8, 4) is 0 Å². The smallest absolute Gasteiger partial charge is 1.00 e. The number of hydrogen-bond donors (Lipinski definition) is 0. The molecule has 1 rings (SSSR count). The molecule has 1 saturated carbocycles. The van der Waals surface area contributed by atoms with Crippen molar-refractivity contribution in [1.82, 2.24) is 0 Å². The molecule has 0 unspecified atom stereocenters. The summed E-state index contributed by atoms with van der Waals surface area (Å²) in [5, 5.41) is 0. The van der Waals surface area contributed by atoms with Gasteiger partial charge in [-0.1, -0.05) is 19.3 Å². The third-order valence-corrected chi connectivity index (χ3v) is 0.354. The van der Waals surface area contributed by atoms with E-state index in [9.17, 15) is 0 Å². The quantitative estimate of drug-likeness (QED) is 0.389. The Morgan fingerprint density at radius 2 is 0.750 bits per heavy atom. The summed E-state index contributed by atoms with van der Waals surface area (Å²) in [6, 6.07) is 0. The average Bonchev–Trinajstić information content (AvgIpc) is 2.48. The van der Waals surface area contributed by atoms with Gasteiger partial charge in [0.05, 0.1) is 0 Å². The van der Waals surface area contributed by atoms with E-state index < -0.39 is 0 Å². The summed E-state index contributed by atoms with van der Waals surface area (Å²) in [6.07, 6.45) is 4.50. The van der Waals surface area contributed by atoms with Gasteiger partial charge in [0.15, 0.2) is 0 Å². The number of ether oxygens (including phenoxy) is 2. The van der Waals surface area contributed by atoms with Crippen LogP contribution < -0.4 is 24.8 Å². The van der Waals surface area contributed by atoms with Crippen LogP contribution >= 0.6 is 0 Å². The monoisotopic (exact) mass is 228 g/mol. The second kappa shape index (κ2) is 39.7. The molecular weight excluding hydrogens is 211 g/mol. The van der Waals surface area contributed by atoms with E-state index in [1.807, 2.05) is 0 Å². The molecule has 0 aromatic heterocycles. The van der Waals surface area contributed by atoms with E-state index >= 15 is 0 Å². The minimum Gasteiger partial charge on any atom is -1.00 e. The molecule has 0 spiro atoms. The van der Waals surface area contributed by atoms with E-state index in [0.717, 1.165) is 0 Å². The van der Waals surface area contributed by atoms with Crippen LogP contribution in [0.5, 0.6) is 0 Å². The van der Waals surface area contributed by atoms with Crippen molar-refractivity contribution in [2.75, 3.05) is 28.4 Å². The molecule has 0 heterocycles. The van der Waals surface area contributed by atoms with Crippen LogP contribution in [-0.2, 0) is 9.47 Å². The van der Waals surface area contributed by atoms with Crippen LogP contribution in [0.25, 0.3) is 0 Å². The third kappa shape index (κ3) is 231. The van der Waals surface area contributed by atoms with Crippen molar-refractivity contribution >= 4 is 23.1 Å². The Hall–Kier alpha value is 1.27. The largest absolute Gasteiger partial charge is 2.00 e. The maximum atomic E-state index is 4.25. The van der Waals surface area contributed by atoms with Crippen molar-refractivity contribution in [3.63, 3.8) is 0 Å². The van der Waals surface area contributed by atoms with Gasteiger partial charge in [0.1, 0.15) is 0 Å². The Balaban J connectivity index is -0.0000000181. The maximum Gasteiger partial charge on any atom is 2.00 e. The molecule has 1 fully saturated rings. The molecule has 0 radical (unpaired) electrons. The van der Waals surface area contributed by atoms with E-state index in [4.69, 9.17) is 0 Å². The molecule has 12 heavy (non-hydrogen) atoms. The van der Waals surface area contributed by atoms with Crippen LogP contribution in [0.15, 0.2) is 0 Å². The average molecular weight is 229 g/mol. The summed E-state index contributed by atoms with van der Waals surface area (Å²) < 4.78 is 8.50. The summed E-state index contributed by atoms with van der Waals surface area (Å²) >= 11 is 0. The second-order valence-corrected chi connectivity index (χ2v) is 1.88. The molecule has 0 aliphatic heterocycles. The zero-order valence-electron chi connectivity index (χ0n) is 8.40.